The maximum Gasteiger partial charge on any atom is 0.121 e. The van der Waals surface area contributed by atoms with Crippen LogP contribution in [-0.4, -0.2) is 29.6 Å². The van der Waals surface area contributed by atoms with E-state index < -0.39 is 12.3 Å². The van der Waals surface area contributed by atoms with Gasteiger partial charge in [0.2, 0.25) is 0 Å². The molecule has 0 aromatic heterocycles. The van der Waals surface area contributed by atoms with E-state index in [4.69, 9.17) is 4.74 Å². The molecule has 2 nitrogen and oxygen atoms in total. The molecule has 1 saturated heterocycles. The van der Waals surface area contributed by atoms with Gasteiger partial charge in [-0.1, -0.05) is 6.92 Å². The maximum absolute atomic E-state index is 12.3. The summed E-state index contributed by atoms with van der Waals surface area (Å²) in [6.45, 7) is 2.99. The highest BCUT2D eigenvalue weighted by atomic mass is 19.1. The van der Waals surface area contributed by atoms with Crippen LogP contribution in [0, 0.1) is 0 Å². The van der Waals surface area contributed by atoms with E-state index in [1.807, 2.05) is 6.92 Å². The summed E-state index contributed by atoms with van der Waals surface area (Å²) in [5.74, 6) is 0. The lowest BCUT2D eigenvalue weighted by molar-refractivity contribution is -0.0499. The summed E-state index contributed by atoms with van der Waals surface area (Å²) in [4.78, 5) is 0. The molecule has 1 fully saturated rings. The van der Waals surface area contributed by atoms with Crippen molar-refractivity contribution in [2.75, 3.05) is 6.67 Å². The van der Waals surface area contributed by atoms with E-state index in [1.165, 1.54) is 0 Å². The predicted octanol–water partition coefficient (Wildman–Crippen LogP) is 1.27. The van der Waals surface area contributed by atoms with Crippen molar-refractivity contribution in [2.45, 2.75) is 44.5 Å². The Morgan fingerprint density at radius 2 is 2.36 bits per heavy atom. The minimum Gasteiger partial charge on any atom is -0.384 e. The third-order valence-corrected chi connectivity index (χ3v) is 2.42. The smallest absolute Gasteiger partial charge is 0.121 e. The second kappa shape index (κ2) is 3.07. The molecule has 1 aliphatic heterocycles. The normalized spacial score (nSPS) is 44.7. The fourth-order valence-corrected chi connectivity index (χ4v) is 1.43. The number of hydrogen-bond donors (Lipinski definition) is 1. The number of hydrogen-bond acceptors (Lipinski definition) is 2. The summed E-state index contributed by atoms with van der Waals surface area (Å²) in [5, 5.41) is 9.57. The van der Waals surface area contributed by atoms with Gasteiger partial charge in [0.1, 0.15) is 12.3 Å². The van der Waals surface area contributed by atoms with Gasteiger partial charge in [-0.3, -0.25) is 0 Å². The average molecular weight is 162 g/mol. The van der Waals surface area contributed by atoms with Crippen LogP contribution in [0.4, 0.5) is 4.39 Å². The van der Waals surface area contributed by atoms with Crippen LogP contribution in [0.2, 0.25) is 0 Å². The Labute approximate surface area is 66.4 Å². The number of rotatable bonds is 2. The SMILES string of the molecule is CC[C@@H]1CC(O)(CF)[C@H](C)O1. The van der Waals surface area contributed by atoms with E-state index in [-0.39, 0.29) is 12.2 Å². The van der Waals surface area contributed by atoms with Gasteiger partial charge in [-0.05, 0) is 13.3 Å². The summed E-state index contributed by atoms with van der Waals surface area (Å²) in [7, 11) is 0. The van der Waals surface area contributed by atoms with Gasteiger partial charge in [0.05, 0.1) is 12.2 Å². The Bertz CT molecular complexity index is 140. The lowest BCUT2D eigenvalue weighted by Crippen LogP contribution is -2.38. The molecule has 0 aromatic carbocycles. The van der Waals surface area contributed by atoms with Gasteiger partial charge in [0.15, 0.2) is 0 Å². The first kappa shape index (κ1) is 8.94. The fraction of sp³-hybridized carbons (Fsp3) is 1.00. The van der Waals surface area contributed by atoms with E-state index in [9.17, 15) is 9.50 Å². The summed E-state index contributed by atoms with van der Waals surface area (Å²) in [6, 6.07) is 0. The van der Waals surface area contributed by atoms with Gasteiger partial charge in [-0.25, -0.2) is 4.39 Å². The van der Waals surface area contributed by atoms with E-state index >= 15 is 0 Å². The van der Waals surface area contributed by atoms with E-state index in [1.54, 1.807) is 6.92 Å². The summed E-state index contributed by atoms with van der Waals surface area (Å²) in [5.41, 5.74) is -1.22. The summed E-state index contributed by atoms with van der Waals surface area (Å²) < 4.78 is 17.6. The molecule has 0 aromatic rings. The van der Waals surface area contributed by atoms with Crippen molar-refractivity contribution in [1.29, 1.82) is 0 Å². The highest BCUT2D eigenvalue weighted by Crippen LogP contribution is 2.32. The maximum atomic E-state index is 12.3. The van der Waals surface area contributed by atoms with Gasteiger partial charge in [-0.15, -0.1) is 0 Å². The predicted molar refractivity (Wildman–Crippen MR) is 40.2 cm³/mol. The van der Waals surface area contributed by atoms with Gasteiger partial charge in [0, 0.05) is 6.42 Å². The average Bonchev–Trinajstić information content (AvgIpc) is 2.29. The number of aliphatic hydroxyl groups is 1. The second-order valence-corrected chi connectivity index (χ2v) is 3.25. The molecule has 1 heterocycles. The van der Waals surface area contributed by atoms with Crippen molar-refractivity contribution < 1.29 is 14.2 Å². The van der Waals surface area contributed by atoms with Crippen LogP contribution in [0.15, 0.2) is 0 Å². The molecular weight excluding hydrogens is 147 g/mol. The molecule has 0 bridgehead atoms. The molecule has 1 rings (SSSR count). The van der Waals surface area contributed by atoms with Crippen molar-refractivity contribution in [3.8, 4) is 0 Å². The molecule has 3 heteroatoms. The first-order chi connectivity index (χ1) is 5.12. The van der Waals surface area contributed by atoms with Crippen molar-refractivity contribution in [3.63, 3.8) is 0 Å². The summed E-state index contributed by atoms with van der Waals surface area (Å²) >= 11 is 0. The van der Waals surface area contributed by atoms with Gasteiger partial charge < -0.3 is 9.84 Å². The third-order valence-electron chi connectivity index (χ3n) is 2.42. The number of halogens is 1. The number of ether oxygens (including phenoxy) is 1. The van der Waals surface area contributed by atoms with Crippen molar-refractivity contribution in [1.82, 2.24) is 0 Å². The molecule has 0 amide bonds. The monoisotopic (exact) mass is 162 g/mol. The Morgan fingerprint density at radius 3 is 2.64 bits per heavy atom. The molecule has 66 valence electrons. The zero-order valence-corrected chi connectivity index (χ0v) is 7.01. The highest BCUT2D eigenvalue weighted by Gasteiger charge is 2.44. The lowest BCUT2D eigenvalue weighted by Gasteiger charge is -2.21. The highest BCUT2D eigenvalue weighted by molar-refractivity contribution is 4.93. The zero-order chi connectivity index (χ0) is 8.48. The first-order valence-corrected chi connectivity index (χ1v) is 4.06. The molecule has 0 spiro atoms. The molecular formula is C8H15FO2. The second-order valence-electron chi connectivity index (χ2n) is 3.25. The Hall–Kier alpha value is -0.150. The van der Waals surface area contributed by atoms with Crippen molar-refractivity contribution in [3.05, 3.63) is 0 Å². The van der Waals surface area contributed by atoms with Crippen molar-refractivity contribution >= 4 is 0 Å². The van der Waals surface area contributed by atoms with Crippen LogP contribution in [0.3, 0.4) is 0 Å². The first-order valence-electron chi connectivity index (χ1n) is 4.06. The Kier molecular flexibility index (Phi) is 2.50. The molecule has 1 aliphatic rings. The minimum absolute atomic E-state index is 0.0331. The van der Waals surface area contributed by atoms with Crippen LogP contribution in [-0.2, 0) is 4.74 Å². The topological polar surface area (TPSA) is 29.5 Å². The standard InChI is InChI=1S/C8H15FO2/c1-3-7-4-8(10,5-9)6(2)11-7/h6-7,10H,3-5H2,1-2H3/t6-,7+,8?/m0/s1. The molecule has 3 atom stereocenters. The van der Waals surface area contributed by atoms with Crippen molar-refractivity contribution in [2.24, 2.45) is 0 Å². The van der Waals surface area contributed by atoms with Crippen LogP contribution >= 0.6 is 0 Å². The van der Waals surface area contributed by atoms with E-state index in [0.717, 1.165) is 6.42 Å². The Balaban J connectivity index is 2.57. The summed E-state index contributed by atoms with van der Waals surface area (Å²) in [6.07, 6.45) is 0.941. The van der Waals surface area contributed by atoms with Crippen LogP contribution in [0.1, 0.15) is 26.7 Å². The van der Waals surface area contributed by atoms with Gasteiger partial charge in [-0.2, -0.15) is 0 Å². The quantitative estimate of drug-likeness (QED) is 0.662. The van der Waals surface area contributed by atoms with Crippen LogP contribution < -0.4 is 0 Å². The molecule has 1 unspecified atom stereocenters. The lowest BCUT2D eigenvalue weighted by atomic mass is 9.95. The molecule has 0 saturated carbocycles. The molecule has 1 N–H and O–H groups in total. The molecule has 0 radical (unpaired) electrons. The fourth-order valence-electron chi connectivity index (χ4n) is 1.43. The van der Waals surface area contributed by atoms with Crippen LogP contribution in [0.5, 0.6) is 0 Å². The largest absolute Gasteiger partial charge is 0.384 e. The van der Waals surface area contributed by atoms with Crippen LogP contribution in [0.25, 0.3) is 0 Å². The minimum atomic E-state index is -1.22. The van der Waals surface area contributed by atoms with Gasteiger partial charge in [0.25, 0.3) is 0 Å². The molecule has 11 heavy (non-hydrogen) atoms. The molecule has 0 aliphatic carbocycles. The third kappa shape index (κ3) is 1.54. The number of alkyl halides is 1. The Morgan fingerprint density at radius 1 is 1.73 bits per heavy atom. The van der Waals surface area contributed by atoms with Gasteiger partial charge >= 0.3 is 0 Å². The zero-order valence-electron chi connectivity index (χ0n) is 7.01. The van der Waals surface area contributed by atoms with E-state index in [0.29, 0.717) is 6.42 Å². The van der Waals surface area contributed by atoms with E-state index in [2.05, 4.69) is 0 Å².